The fourth-order valence-electron chi connectivity index (χ4n) is 4.09. The van der Waals surface area contributed by atoms with Gasteiger partial charge in [0, 0.05) is 51.7 Å². The van der Waals surface area contributed by atoms with E-state index in [1.807, 2.05) is 25.0 Å². The lowest BCUT2D eigenvalue weighted by molar-refractivity contribution is 0.635. The van der Waals surface area contributed by atoms with Gasteiger partial charge in [-0.15, -0.1) is 24.0 Å². The fourth-order valence-corrected chi connectivity index (χ4v) is 4.09. The van der Waals surface area contributed by atoms with Crippen molar-refractivity contribution in [2.75, 3.05) is 25.0 Å². The molecule has 0 spiro atoms. The van der Waals surface area contributed by atoms with Crippen LogP contribution in [0.2, 0.25) is 0 Å². The molecule has 0 aliphatic carbocycles. The summed E-state index contributed by atoms with van der Waals surface area (Å²) in [6, 6.07) is 4.57. The highest BCUT2D eigenvalue weighted by molar-refractivity contribution is 14.0. The maximum atomic E-state index is 4.70. The van der Waals surface area contributed by atoms with E-state index in [1.54, 1.807) is 0 Å². The Morgan fingerprint density at radius 3 is 2.42 bits per heavy atom. The molecular formula is C23H38IN7. The molecule has 2 N–H and O–H groups in total. The summed E-state index contributed by atoms with van der Waals surface area (Å²) in [7, 11) is 3.81. The molecule has 31 heavy (non-hydrogen) atoms. The Balaban J connectivity index is 0.00000341. The molecule has 2 aromatic heterocycles. The summed E-state index contributed by atoms with van der Waals surface area (Å²) < 4.78 is 1.95. The van der Waals surface area contributed by atoms with E-state index >= 15 is 0 Å². The first-order valence-corrected chi connectivity index (χ1v) is 11.1. The van der Waals surface area contributed by atoms with Crippen LogP contribution in [-0.4, -0.2) is 46.9 Å². The van der Waals surface area contributed by atoms with Crippen molar-refractivity contribution in [3.63, 3.8) is 0 Å². The van der Waals surface area contributed by atoms with E-state index in [-0.39, 0.29) is 30.0 Å². The molecule has 0 amide bonds. The van der Waals surface area contributed by atoms with E-state index in [0.29, 0.717) is 6.54 Å². The van der Waals surface area contributed by atoms with Gasteiger partial charge in [-0.05, 0) is 57.2 Å². The van der Waals surface area contributed by atoms with Gasteiger partial charge in [-0.2, -0.15) is 5.10 Å². The maximum absolute atomic E-state index is 4.70. The van der Waals surface area contributed by atoms with Gasteiger partial charge in [-0.1, -0.05) is 18.9 Å². The molecule has 1 atom stereocenters. The van der Waals surface area contributed by atoms with Crippen molar-refractivity contribution >= 4 is 35.8 Å². The number of anilines is 1. The Morgan fingerprint density at radius 2 is 1.87 bits per heavy atom. The first-order chi connectivity index (χ1) is 14.5. The lowest BCUT2D eigenvalue weighted by Gasteiger charge is -2.21. The highest BCUT2D eigenvalue weighted by Gasteiger charge is 2.14. The van der Waals surface area contributed by atoms with Crippen LogP contribution in [0.4, 0.5) is 5.82 Å². The third-order valence-electron chi connectivity index (χ3n) is 5.98. The van der Waals surface area contributed by atoms with E-state index < -0.39 is 0 Å². The van der Waals surface area contributed by atoms with Gasteiger partial charge in [0.05, 0.1) is 5.69 Å². The number of aromatic nitrogens is 3. The molecule has 1 aliphatic rings. The number of nitrogens with one attached hydrogen (secondary N) is 2. The summed E-state index contributed by atoms with van der Waals surface area (Å²) in [5, 5.41) is 11.4. The molecular weight excluding hydrogens is 501 g/mol. The van der Waals surface area contributed by atoms with Crippen LogP contribution in [0.3, 0.4) is 0 Å². The van der Waals surface area contributed by atoms with Crippen molar-refractivity contribution in [1.29, 1.82) is 0 Å². The van der Waals surface area contributed by atoms with Gasteiger partial charge in [-0.25, -0.2) is 4.98 Å². The number of hydrogen-bond acceptors (Lipinski definition) is 4. The highest BCUT2D eigenvalue weighted by atomic mass is 127. The van der Waals surface area contributed by atoms with Crippen LogP contribution < -0.4 is 15.5 Å². The minimum absolute atomic E-state index is 0. The first kappa shape index (κ1) is 25.4. The van der Waals surface area contributed by atoms with Gasteiger partial charge in [0.15, 0.2) is 5.96 Å². The quantitative estimate of drug-likeness (QED) is 0.333. The lowest BCUT2D eigenvalue weighted by Crippen LogP contribution is -2.42. The summed E-state index contributed by atoms with van der Waals surface area (Å²) in [5.74, 6) is 1.90. The molecule has 0 radical (unpaired) electrons. The topological polar surface area (TPSA) is 70.4 Å². The SMILES string of the molecule is CN=C(NCc1ccc(N2CCCCCC2)nc1)NC(C)Cc1c(C)nn(C)c1C.I. The Labute approximate surface area is 204 Å². The van der Waals surface area contributed by atoms with Crippen molar-refractivity contribution in [1.82, 2.24) is 25.4 Å². The van der Waals surface area contributed by atoms with Gasteiger partial charge < -0.3 is 15.5 Å². The number of halogens is 1. The Morgan fingerprint density at radius 1 is 1.16 bits per heavy atom. The van der Waals surface area contributed by atoms with E-state index in [1.165, 1.54) is 36.9 Å². The molecule has 0 aromatic carbocycles. The van der Waals surface area contributed by atoms with Crippen LogP contribution >= 0.6 is 24.0 Å². The third kappa shape index (κ3) is 7.08. The number of pyridine rings is 1. The van der Waals surface area contributed by atoms with Crippen LogP contribution in [-0.2, 0) is 20.0 Å². The average Bonchev–Trinajstić information content (AvgIpc) is 2.94. The zero-order valence-corrected chi connectivity index (χ0v) is 21.9. The molecule has 0 bridgehead atoms. The molecule has 8 heteroatoms. The largest absolute Gasteiger partial charge is 0.357 e. The monoisotopic (exact) mass is 539 g/mol. The predicted molar refractivity (Wildman–Crippen MR) is 140 cm³/mol. The van der Waals surface area contributed by atoms with Crippen molar-refractivity contribution in [3.05, 3.63) is 40.8 Å². The number of guanidine groups is 1. The number of rotatable bonds is 6. The minimum Gasteiger partial charge on any atom is -0.357 e. The van der Waals surface area contributed by atoms with Crippen LogP contribution in [0.5, 0.6) is 0 Å². The van der Waals surface area contributed by atoms with Crippen LogP contribution in [0.15, 0.2) is 23.3 Å². The molecule has 3 rings (SSSR count). The van der Waals surface area contributed by atoms with Crippen LogP contribution in [0.1, 0.15) is 55.1 Å². The summed E-state index contributed by atoms with van der Waals surface area (Å²) in [4.78, 5) is 11.5. The second-order valence-electron chi connectivity index (χ2n) is 8.37. The Kier molecular flexibility index (Phi) is 10.1. The summed E-state index contributed by atoms with van der Waals surface area (Å²) in [6.45, 7) is 9.31. The van der Waals surface area contributed by atoms with E-state index in [4.69, 9.17) is 4.98 Å². The number of aryl methyl sites for hydroxylation is 2. The summed E-state index contributed by atoms with van der Waals surface area (Å²) in [6.07, 6.45) is 8.10. The molecule has 1 saturated heterocycles. The zero-order valence-electron chi connectivity index (χ0n) is 19.6. The first-order valence-electron chi connectivity index (χ1n) is 11.1. The molecule has 2 aromatic rings. The van der Waals surface area contributed by atoms with Crippen molar-refractivity contribution < 1.29 is 0 Å². The lowest BCUT2D eigenvalue weighted by atomic mass is 10.1. The van der Waals surface area contributed by atoms with Crippen molar-refractivity contribution in [2.45, 2.75) is 65.5 Å². The van der Waals surface area contributed by atoms with Gasteiger partial charge in [0.25, 0.3) is 0 Å². The van der Waals surface area contributed by atoms with Gasteiger partial charge in [0.1, 0.15) is 5.82 Å². The van der Waals surface area contributed by atoms with E-state index in [2.05, 4.69) is 58.5 Å². The fraction of sp³-hybridized carbons (Fsp3) is 0.609. The van der Waals surface area contributed by atoms with Crippen LogP contribution in [0, 0.1) is 13.8 Å². The third-order valence-corrected chi connectivity index (χ3v) is 5.98. The van der Waals surface area contributed by atoms with Crippen molar-refractivity contribution in [3.8, 4) is 0 Å². The predicted octanol–water partition coefficient (Wildman–Crippen LogP) is 3.73. The average molecular weight is 540 g/mol. The molecule has 1 fully saturated rings. The molecule has 7 nitrogen and oxygen atoms in total. The molecule has 3 heterocycles. The highest BCUT2D eigenvalue weighted by Crippen LogP contribution is 2.17. The Hall–Kier alpha value is -1.84. The van der Waals surface area contributed by atoms with Gasteiger partial charge >= 0.3 is 0 Å². The standard InChI is InChI=1S/C23H37N7.HI/c1-17(14-21-18(2)28-29(5)19(21)3)27-23(24-4)26-16-20-10-11-22(25-15-20)30-12-8-6-7-9-13-30;/h10-11,15,17H,6-9,12-14,16H2,1-5H3,(H2,24,26,27);1H. The smallest absolute Gasteiger partial charge is 0.191 e. The van der Waals surface area contributed by atoms with Gasteiger partial charge in [-0.3, -0.25) is 9.67 Å². The van der Waals surface area contributed by atoms with E-state index in [9.17, 15) is 0 Å². The maximum Gasteiger partial charge on any atom is 0.191 e. The molecule has 1 aliphatic heterocycles. The number of hydrogen-bond donors (Lipinski definition) is 2. The van der Waals surface area contributed by atoms with E-state index in [0.717, 1.165) is 42.5 Å². The van der Waals surface area contributed by atoms with Crippen LogP contribution in [0.25, 0.3) is 0 Å². The zero-order chi connectivity index (χ0) is 21.5. The van der Waals surface area contributed by atoms with Crippen molar-refractivity contribution in [2.24, 2.45) is 12.0 Å². The Bertz CT molecular complexity index is 836. The summed E-state index contributed by atoms with van der Waals surface area (Å²) in [5.41, 5.74) is 4.78. The van der Waals surface area contributed by atoms with Gasteiger partial charge in [0.2, 0.25) is 0 Å². The molecule has 0 saturated carbocycles. The normalized spacial score (nSPS) is 15.8. The summed E-state index contributed by atoms with van der Waals surface area (Å²) >= 11 is 0. The molecule has 1 unspecified atom stereocenters. The molecule has 172 valence electrons. The number of aliphatic imine (C=N–C) groups is 1. The second-order valence-corrected chi connectivity index (χ2v) is 8.37. The second kappa shape index (κ2) is 12.3. The minimum atomic E-state index is 0. The number of nitrogens with zero attached hydrogens (tertiary/aromatic N) is 5.